The Morgan fingerprint density at radius 2 is 2.27 bits per heavy atom. The van der Waals surface area contributed by atoms with Gasteiger partial charge in [0.2, 0.25) is 5.91 Å². The van der Waals surface area contributed by atoms with Crippen molar-refractivity contribution in [3.63, 3.8) is 0 Å². The first kappa shape index (κ1) is 12.5. The summed E-state index contributed by atoms with van der Waals surface area (Å²) < 4.78 is 0. The lowest BCUT2D eigenvalue weighted by molar-refractivity contribution is -0.125. The fourth-order valence-electron chi connectivity index (χ4n) is 2.37. The summed E-state index contributed by atoms with van der Waals surface area (Å²) in [4.78, 5) is 13.3. The Kier molecular flexibility index (Phi) is 4.54. The van der Waals surface area contributed by atoms with E-state index in [-0.39, 0.29) is 24.0 Å². The van der Waals surface area contributed by atoms with Crippen molar-refractivity contribution < 1.29 is 9.90 Å². The standard InChI is InChI=1S/C11H22N2O2/c1-3-8-7-13(6-5-10(8)14)9(4-2)11(12)15/h8-10,14H,3-7H2,1-2H3,(H2,12,15). The molecule has 1 heterocycles. The molecule has 0 radical (unpaired) electrons. The SMILES string of the molecule is CCC1CN(C(CC)C(N)=O)CCC1O. The van der Waals surface area contributed by atoms with E-state index in [2.05, 4.69) is 11.8 Å². The molecule has 4 nitrogen and oxygen atoms in total. The van der Waals surface area contributed by atoms with Crippen LogP contribution in [0.2, 0.25) is 0 Å². The van der Waals surface area contributed by atoms with Gasteiger partial charge < -0.3 is 10.8 Å². The number of likely N-dealkylation sites (tertiary alicyclic amines) is 1. The molecule has 1 rings (SSSR count). The summed E-state index contributed by atoms with van der Waals surface area (Å²) in [5, 5.41) is 9.74. The molecule has 88 valence electrons. The van der Waals surface area contributed by atoms with E-state index in [1.54, 1.807) is 0 Å². The Labute approximate surface area is 91.4 Å². The van der Waals surface area contributed by atoms with Crippen molar-refractivity contribution in [1.82, 2.24) is 4.90 Å². The maximum atomic E-state index is 11.2. The average molecular weight is 214 g/mol. The summed E-state index contributed by atoms with van der Waals surface area (Å²) in [6, 6.07) is -0.161. The zero-order valence-electron chi connectivity index (χ0n) is 9.65. The van der Waals surface area contributed by atoms with Gasteiger partial charge in [0, 0.05) is 13.1 Å². The van der Waals surface area contributed by atoms with Crippen molar-refractivity contribution in [1.29, 1.82) is 0 Å². The minimum atomic E-state index is -0.247. The zero-order valence-corrected chi connectivity index (χ0v) is 9.65. The summed E-state index contributed by atoms with van der Waals surface area (Å²) in [7, 11) is 0. The van der Waals surface area contributed by atoms with Crippen molar-refractivity contribution in [3.05, 3.63) is 0 Å². The minimum Gasteiger partial charge on any atom is -0.393 e. The zero-order chi connectivity index (χ0) is 11.4. The van der Waals surface area contributed by atoms with Crippen LogP contribution < -0.4 is 5.73 Å². The van der Waals surface area contributed by atoms with Crippen molar-refractivity contribution in [2.75, 3.05) is 13.1 Å². The van der Waals surface area contributed by atoms with Gasteiger partial charge in [0.25, 0.3) is 0 Å². The largest absolute Gasteiger partial charge is 0.393 e. The summed E-state index contributed by atoms with van der Waals surface area (Å²) in [5.41, 5.74) is 5.36. The van der Waals surface area contributed by atoms with Crippen LogP contribution in [0.3, 0.4) is 0 Å². The van der Waals surface area contributed by atoms with Crippen LogP contribution in [0.15, 0.2) is 0 Å². The minimum absolute atomic E-state index is 0.161. The maximum absolute atomic E-state index is 11.2. The van der Waals surface area contributed by atoms with Crippen LogP contribution in [0.1, 0.15) is 33.1 Å². The molecule has 3 unspecified atom stereocenters. The van der Waals surface area contributed by atoms with Crippen LogP contribution in [0, 0.1) is 5.92 Å². The molecule has 0 saturated carbocycles. The second kappa shape index (κ2) is 5.47. The molecular formula is C11H22N2O2. The van der Waals surface area contributed by atoms with Gasteiger partial charge in [-0.3, -0.25) is 9.69 Å². The van der Waals surface area contributed by atoms with Gasteiger partial charge in [0.1, 0.15) is 0 Å². The highest BCUT2D eigenvalue weighted by Gasteiger charge is 2.31. The molecule has 0 bridgehead atoms. The van der Waals surface area contributed by atoms with E-state index in [9.17, 15) is 9.90 Å². The molecule has 3 N–H and O–H groups in total. The van der Waals surface area contributed by atoms with Crippen molar-refractivity contribution >= 4 is 5.91 Å². The molecule has 4 heteroatoms. The molecule has 0 aromatic rings. The molecule has 0 spiro atoms. The number of aliphatic hydroxyl groups excluding tert-OH is 1. The number of amides is 1. The first-order chi connectivity index (χ1) is 7.10. The Morgan fingerprint density at radius 3 is 2.73 bits per heavy atom. The highest BCUT2D eigenvalue weighted by atomic mass is 16.3. The summed E-state index contributed by atoms with van der Waals surface area (Å²) in [6.45, 7) is 5.61. The van der Waals surface area contributed by atoms with E-state index in [1.807, 2.05) is 6.92 Å². The number of carbonyl (C=O) groups is 1. The van der Waals surface area contributed by atoms with Crippen molar-refractivity contribution in [2.45, 2.75) is 45.3 Å². The van der Waals surface area contributed by atoms with Crippen LogP contribution in [0.4, 0.5) is 0 Å². The third-order valence-corrected chi connectivity index (χ3v) is 3.41. The van der Waals surface area contributed by atoms with E-state index in [4.69, 9.17) is 5.73 Å². The summed E-state index contributed by atoms with van der Waals surface area (Å²) >= 11 is 0. The molecule has 1 saturated heterocycles. The van der Waals surface area contributed by atoms with E-state index < -0.39 is 0 Å². The van der Waals surface area contributed by atoms with Crippen LogP contribution in [-0.4, -0.2) is 41.1 Å². The third kappa shape index (κ3) is 2.92. The average Bonchev–Trinajstić information content (AvgIpc) is 2.21. The molecular weight excluding hydrogens is 192 g/mol. The van der Waals surface area contributed by atoms with Crippen molar-refractivity contribution in [2.24, 2.45) is 11.7 Å². The summed E-state index contributed by atoms with van der Waals surface area (Å²) in [5.74, 6) is 0.0379. The number of hydrogen-bond acceptors (Lipinski definition) is 3. The molecule has 0 aromatic heterocycles. The molecule has 1 amide bonds. The van der Waals surface area contributed by atoms with E-state index in [0.29, 0.717) is 0 Å². The Morgan fingerprint density at radius 1 is 1.60 bits per heavy atom. The molecule has 3 atom stereocenters. The van der Waals surface area contributed by atoms with Gasteiger partial charge in [0.05, 0.1) is 12.1 Å². The second-order valence-corrected chi connectivity index (χ2v) is 4.35. The Hall–Kier alpha value is -0.610. The van der Waals surface area contributed by atoms with Gasteiger partial charge in [-0.2, -0.15) is 0 Å². The van der Waals surface area contributed by atoms with Gasteiger partial charge in [0.15, 0.2) is 0 Å². The lowest BCUT2D eigenvalue weighted by atomic mass is 9.91. The smallest absolute Gasteiger partial charge is 0.234 e. The normalized spacial score (nSPS) is 30.1. The number of rotatable bonds is 4. The number of primary amides is 1. The number of aliphatic hydroxyl groups is 1. The quantitative estimate of drug-likeness (QED) is 0.709. The van der Waals surface area contributed by atoms with Gasteiger partial charge in [-0.05, 0) is 25.2 Å². The number of piperidine rings is 1. The van der Waals surface area contributed by atoms with Gasteiger partial charge in [-0.1, -0.05) is 13.8 Å². The van der Waals surface area contributed by atoms with Crippen LogP contribution >= 0.6 is 0 Å². The first-order valence-electron chi connectivity index (χ1n) is 5.81. The number of nitrogens with zero attached hydrogens (tertiary/aromatic N) is 1. The van der Waals surface area contributed by atoms with Gasteiger partial charge >= 0.3 is 0 Å². The predicted octanol–water partition coefficient (Wildman–Crippen LogP) is 0.343. The van der Waals surface area contributed by atoms with E-state index >= 15 is 0 Å². The maximum Gasteiger partial charge on any atom is 0.234 e. The van der Waals surface area contributed by atoms with Crippen LogP contribution in [0.5, 0.6) is 0 Å². The first-order valence-corrected chi connectivity index (χ1v) is 5.81. The predicted molar refractivity (Wildman–Crippen MR) is 59.3 cm³/mol. The summed E-state index contributed by atoms with van der Waals surface area (Å²) in [6.07, 6.45) is 2.24. The van der Waals surface area contributed by atoms with E-state index in [0.717, 1.165) is 32.4 Å². The van der Waals surface area contributed by atoms with Gasteiger partial charge in [-0.15, -0.1) is 0 Å². The lowest BCUT2D eigenvalue weighted by Crippen LogP contribution is -2.52. The topological polar surface area (TPSA) is 66.6 Å². The highest BCUT2D eigenvalue weighted by molar-refractivity contribution is 5.79. The Balaban J connectivity index is 2.60. The van der Waals surface area contributed by atoms with Crippen LogP contribution in [-0.2, 0) is 4.79 Å². The van der Waals surface area contributed by atoms with Crippen molar-refractivity contribution in [3.8, 4) is 0 Å². The molecule has 1 aliphatic rings. The van der Waals surface area contributed by atoms with Crippen LogP contribution in [0.25, 0.3) is 0 Å². The second-order valence-electron chi connectivity index (χ2n) is 4.35. The number of carbonyl (C=O) groups excluding carboxylic acids is 1. The Bertz CT molecular complexity index is 221. The molecule has 0 aliphatic carbocycles. The molecule has 1 fully saturated rings. The molecule has 15 heavy (non-hydrogen) atoms. The molecule has 0 aromatic carbocycles. The third-order valence-electron chi connectivity index (χ3n) is 3.41. The number of nitrogens with two attached hydrogens (primary N) is 1. The lowest BCUT2D eigenvalue weighted by Gasteiger charge is -2.39. The monoisotopic (exact) mass is 214 g/mol. The van der Waals surface area contributed by atoms with Gasteiger partial charge in [-0.25, -0.2) is 0 Å². The number of hydrogen-bond donors (Lipinski definition) is 2. The highest BCUT2D eigenvalue weighted by Crippen LogP contribution is 2.22. The molecule has 1 aliphatic heterocycles. The van der Waals surface area contributed by atoms with E-state index in [1.165, 1.54) is 0 Å². The fraction of sp³-hybridized carbons (Fsp3) is 0.909. The fourth-order valence-corrected chi connectivity index (χ4v) is 2.37.